The summed E-state index contributed by atoms with van der Waals surface area (Å²) in [7, 11) is 1.60. The molecule has 0 bridgehead atoms. The molecule has 7 nitrogen and oxygen atoms in total. The smallest absolute Gasteiger partial charge is 0.321 e. The van der Waals surface area contributed by atoms with Crippen LogP contribution in [0.1, 0.15) is 18.6 Å². The maximum absolute atomic E-state index is 13.2. The highest BCUT2D eigenvalue weighted by atomic mass is 19.2. The van der Waals surface area contributed by atoms with Gasteiger partial charge in [0, 0.05) is 7.05 Å². The van der Waals surface area contributed by atoms with E-state index in [0.717, 1.165) is 12.1 Å². The van der Waals surface area contributed by atoms with E-state index in [1.165, 1.54) is 24.0 Å². The van der Waals surface area contributed by atoms with E-state index in [1.54, 1.807) is 7.05 Å². The van der Waals surface area contributed by atoms with Gasteiger partial charge in [-0.05, 0) is 24.6 Å². The largest absolute Gasteiger partial charge is 0.386 e. The van der Waals surface area contributed by atoms with Crippen molar-refractivity contribution in [1.82, 2.24) is 20.1 Å². The standard InChI is InChI=1S/C13H15F2N5O2/c1-7(11(21)8-3-4-9(14)10(15)5-8)18-13(22)19-12-16-6-17-20(12)2/h3-7,11,21H,1-2H3,(H2,16,17,18,19,22). The van der Waals surface area contributed by atoms with Gasteiger partial charge < -0.3 is 10.4 Å². The van der Waals surface area contributed by atoms with Crippen LogP contribution >= 0.6 is 0 Å². The number of aryl methyl sites for hydroxylation is 1. The highest BCUT2D eigenvalue weighted by Crippen LogP contribution is 2.19. The number of aromatic nitrogens is 3. The third kappa shape index (κ3) is 3.55. The predicted octanol–water partition coefficient (Wildman–Crippen LogP) is 1.34. The summed E-state index contributed by atoms with van der Waals surface area (Å²) in [4.78, 5) is 15.6. The first kappa shape index (κ1) is 15.8. The lowest BCUT2D eigenvalue weighted by atomic mass is 10.0. The van der Waals surface area contributed by atoms with E-state index >= 15 is 0 Å². The minimum absolute atomic E-state index is 0.158. The Bertz CT molecular complexity index is 676. The van der Waals surface area contributed by atoms with Crippen LogP contribution in [-0.2, 0) is 7.05 Å². The second-order valence-electron chi connectivity index (χ2n) is 4.71. The zero-order valence-corrected chi connectivity index (χ0v) is 11.9. The van der Waals surface area contributed by atoms with Crippen LogP contribution < -0.4 is 10.6 Å². The molecule has 0 radical (unpaired) electrons. The average Bonchev–Trinajstić information content (AvgIpc) is 2.86. The second-order valence-corrected chi connectivity index (χ2v) is 4.71. The van der Waals surface area contributed by atoms with Gasteiger partial charge in [-0.15, -0.1) is 0 Å². The summed E-state index contributed by atoms with van der Waals surface area (Å²) in [5, 5.41) is 18.8. The number of aliphatic hydroxyl groups excluding tert-OH is 1. The van der Waals surface area contributed by atoms with E-state index in [1.807, 2.05) is 0 Å². The normalized spacial score (nSPS) is 13.5. The highest BCUT2D eigenvalue weighted by molar-refractivity contribution is 5.87. The molecule has 2 amide bonds. The van der Waals surface area contributed by atoms with Gasteiger partial charge in [0.2, 0.25) is 5.95 Å². The first-order valence-electron chi connectivity index (χ1n) is 6.43. The fraction of sp³-hybridized carbons (Fsp3) is 0.308. The summed E-state index contributed by atoms with van der Waals surface area (Å²) in [6, 6.07) is 1.71. The van der Waals surface area contributed by atoms with Crippen molar-refractivity contribution in [3.8, 4) is 0 Å². The number of rotatable bonds is 4. The molecule has 2 aromatic rings. The second kappa shape index (κ2) is 6.48. The Morgan fingerprint density at radius 3 is 2.68 bits per heavy atom. The first-order valence-corrected chi connectivity index (χ1v) is 6.43. The molecule has 1 heterocycles. The molecule has 0 aliphatic heterocycles. The van der Waals surface area contributed by atoms with Gasteiger partial charge >= 0.3 is 6.03 Å². The lowest BCUT2D eigenvalue weighted by Gasteiger charge is -2.20. The van der Waals surface area contributed by atoms with Crippen LogP contribution in [-0.4, -0.2) is 31.9 Å². The number of nitrogens with one attached hydrogen (secondary N) is 2. The van der Waals surface area contributed by atoms with Crippen LogP contribution in [0.4, 0.5) is 19.5 Å². The SMILES string of the molecule is CC(NC(=O)Nc1ncnn1C)C(O)c1ccc(F)c(F)c1. The molecule has 3 N–H and O–H groups in total. The molecule has 0 saturated carbocycles. The zero-order chi connectivity index (χ0) is 16.3. The van der Waals surface area contributed by atoms with Gasteiger partial charge in [-0.3, -0.25) is 5.32 Å². The van der Waals surface area contributed by atoms with Crippen molar-refractivity contribution in [2.45, 2.75) is 19.1 Å². The molecule has 22 heavy (non-hydrogen) atoms. The molecule has 9 heteroatoms. The van der Waals surface area contributed by atoms with Crippen molar-refractivity contribution in [1.29, 1.82) is 0 Å². The first-order chi connectivity index (χ1) is 10.4. The summed E-state index contributed by atoms with van der Waals surface area (Å²) in [5.41, 5.74) is 0.158. The van der Waals surface area contributed by atoms with Gasteiger partial charge in [0.05, 0.1) is 12.1 Å². The van der Waals surface area contributed by atoms with E-state index in [0.29, 0.717) is 0 Å². The third-order valence-electron chi connectivity index (χ3n) is 3.05. The number of hydrogen-bond donors (Lipinski definition) is 3. The van der Waals surface area contributed by atoms with Gasteiger partial charge in [-0.1, -0.05) is 6.07 Å². The number of benzene rings is 1. The maximum Gasteiger partial charge on any atom is 0.321 e. The minimum Gasteiger partial charge on any atom is -0.386 e. The lowest BCUT2D eigenvalue weighted by Crippen LogP contribution is -2.40. The number of hydrogen-bond acceptors (Lipinski definition) is 4. The Labute approximate surface area is 125 Å². The molecule has 2 rings (SSSR count). The van der Waals surface area contributed by atoms with Gasteiger partial charge in [0.25, 0.3) is 0 Å². The van der Waals surface area contributed by atoms with E-state index in [2.05, 4.69) is 20.7 Å². The quantitative estimate of drug-likeness (QED) is 0.794. The molecule has 0 fully saturated rings. The fourth-order valence-electron chi connectivity index (χ4n) is 1.82. The molecule has 1 aromatic heterocycles. The Hall–Kier alpha value is -2.55. The number of carbonyl (C=O) groups is 1. The lowest BCUT2D eigenvalue weighted by molar-refractivity contribution is 0.138. The van der Waals surface area contributed by atoms with Crippen molar-refractivity contribution in [3.63, 3.8) is 0 Å². The van der Waals surface area contributed by atoms with Crippen LogP contribution in [0.25, 0.3) is 0 Å². The molecule has 0 aliphatic carbocycles. The average molecular weight is 311 g/mol. The van der Waals surface area contributed by atoms with Crippen LogP contribution in [0.3, 0.4) is 0 Å². The molecular weight excluding hydrogens is 296 g/mol. The van der Waals surface area contributed by atoms with E-state index < -0.39 is 29.8 Å². The predicted molar refractivity (Wildman–Crippen MR) is 73.9 cm³/mol. The van der Waals surface area contributed by atoms with Gasteiger partial charge in [-0.2, -0.15) is 10.1 Å². The Kier molecular flexibility index (Phi) is 4.66. The number of nitrogens with zero attached hydrogens (tertiary/aromatic N) is 3. The van der Waals surface area contributed by atoms with Crippen LogP contribution in [0.15, 0.2) is 24.5 Å². The van der Waals surface area contributed by atoms with Crippen molar-refractivity contribution in [3.05, 3.63) is 41.7 Å². The number of aliphatic hydroxyl groups is 1. The molecular formula is C13H15F2N5O2. The van der Waals surface area contributed by atoms with Crippen LogP contribution in [0, 0.1) is 11.6 Å². The summed E-state index contributed by atoms with van der Waals surface area (Å²) in [6.45, 7) is 1.53. The number of carbonyl (C=O) groups excluding carboxylic acids is 1. The summed E-state index contributed by atoms with van der Waals surface area (Å²) in [6.07, 6.45) is 0.0789. The van der Waals surface area contributed by atoms with Gasteiger partial charge in [0.15, 0.2) is 11.6 Å². The number of anilines is 1. The van der Waals surface area contributed by atoms with Crippen molar-refractivity contribution < 1.29 is 18.7 Å². The van der Waals surface area contributed by atoms with Gasteiger partial charge in [0.1, 0.15) is 6.33 Å². The van der Waals surface area contributed by atoms with Crippen molar-refractivity contribution in [2.24, 2.45) is 7.05 Å². The number of amides is 2. The van der Waals surface area contributed by atoms with Crippen molar-refractivity contribution in [2.75, 3.05) is 5.32 Å². The van der Waals surface area contributed by atoms with E-state index in [4.69, 9.17) is 0 Å². The number of halogens is 2. The van der Waals surface area contributed by atoms with Crippen LogP contribution in [0.5, 0.6) is 0 Å². The highest BCUT2D eigenvalue weighted by Gasteiger charge is 2.20. The van der Waals surface area contributed by atoms with E-state index in [-0.39, 0.29) is 11.5 Å². The Morgan fingerprint density at radius 2 is 2.09 bits per heavy atom. The Balaban J connectivity index is 1.98. The molecule has 2 unspecified atom stereocenters. The number of urea groups is 1. The fourth-order valence-corrected chi connectivity index (χ4v) is 1.82. The maximum atomic E-state index is 13.2. The molecule has 0 spiro atoms. The topological polar surface area (TPSA) is 92.1 Å². The Morgan fingerprint density at radius 1 is 1.36 bits per heavy atom. The zero-order valence-electron chi connectivity index (χ0n) is 11.9. The minimum atomic E-state index is -1.19. The van der Waals surface area contributed by atoms with Crippen LogP contribution in [0.2, 0.25) is 0 Å². The van der Waals surface area contributed by atoms with E-state index in [9.17, 15) is 18.7 Å². The molecule has 2 atom stereocenters. The molecule has 1 aromatic carbocycles. The van der Waals surface area contributed by atoms with Crippen molar-refractivity contribution >= 4 is 12.0 Å². The summed E-state index contributed by atoms with van der Waals surface area (Å²) in [5.74, 6) is -1.84. The third-order valence-corrected chi connectivity index (χ3v) is 3.05. The molecule has 0 aliphatic rings. The molecule has 118 valence electrons. The van der Waals surface area contributed by atoms with Gasteiger partial charge in [-0.25, -0.2) is 18.3 Å². The summed E-state index contributed by atoms with van der Waals surface area (Å²) >= 11 is 0. The molecule has 0 saturated heterocycles. The summed E-state index contributed by atoms with van der Waals surface area (Å²) < 4.78 is 27.4. The monoisotopic (exact) mass is 311 g/mol.